The summed E-state index contributed by atoms with van der Waals surface area (Å²) >= 11 is 0. The van der Waals surface area contributed by atoms with Crippen molar-refractivity contribution in [1.29, 1.82) is 0 Å². The minimum Gasteiger partial charge on any atom is -0.349 e. The van der Waals surface area contributed by atoms with Crippen LogP contribution < -0.4 is 11.1 Å². The van der Waals surface area contributed by atoms with E-state index < -0.39 is 0 Å². The van der Waals surface area contributed by atoms with Gasteiger partial charge in [0.2, 0.25) is 5.91 Å². The average molecular weight is 184 g/mol. The van der Waals surface area contributed by atoms with Gasteiger partial charge in [0.05, 0.1) is 6.04 Å². The molecule has 0 unspecified atom stereocenters. The molecule has 0 aromatic rings. The van der Waals surface area contributed by atoms with E-state index in [4.69, 9.17) is 5.73 Å². The number of hydrogen-bond acceptors (Lipinski definition) is 2. The van der Waals surface area contributed by atoms with Gasteiger partial charge in [-0.3, -0.25) is 4.79 Å². The Bertz CT molecular complexity index is 182. The summed E-state index contributed by atoms with van der Waals surface area (Å²) in [6, 6.07) is -0.330. The van der Waals surface area contributed by atoms with Crippen LogP contribution in [0.2, 0.25) is 0 Å². The summed E-state index contributed by atoms with van der Waals surface area (Å²) in [7, 11) is 0. The predicted molar refractivity (Wildman–Crippen MR) is 53.3 cm³/mol. The Labute approximate surface area is 80.1 Å². The van der Waals surface area contributed by atoms with Crippen molar-refractivity contribution >= 4 is 5.91 Å². The van der Waals surface area contributed by atoms with Crippen LogP contribution in [0.4, 0.5) is 0 Å². The summed E-state index contributed by atoms with van der Waals surface area (Å²) in [5.41, 5.74) is 5.73. The summed E-state index contributed by atoms with van der Waals surface area (Å²) in [5, 5.41) is 3.07. The van der Waals surface area contributed by atoms with Crippen LogP contribution in [0.3, 0.4) is 0 Å². The van der Waals surface area contributed by atoms with Crippen LogP contribution in [-0.4, -0.2) is 17.5 Å². The summed E-state index contributed by atoms with van der Waals surface area (Å²) in [5.74, 6) is 0.0176. The standard InChI is InChI=1S/C10H20N2O/c1-3-8(11)9(13)12-10(4-2)6-5-7-10/h8H,3-7,11H2,1-2H3,(H,12,13)/t8-/m1/s1. The average Bonchev–Trinajstić information content (AvgIpc) is 2.09. The van der Waals surface area contributed by atoms with Gasteiger partial charge in [0.1, 0.15) is 0 Å². The minimum atomic E-state index is -0.330. The molecule has 0 bridgehead atoms. The molecule has 3 heteroatoms. The van der Waals surface area contributed by atoms with Crippen LogP contribution in [0, 0.1) is 0 Å². The van der Waals surface area contributed by atoms with E-state index in [1.807, 2.05) is 6.92 Å². The molecule has 1 fully saturated rings. The van der Waals surface area contributed by atoms with Gasteiger partial charge in [-0.25, -0.2) is 0 Å². The number of carbonyl (C=O) groups excluding carboxylic acids is 1. The first-order valence-corrected chi connectivity index (χ1v) is 5.21. The molecule has 3 nitrogen and oxygen atoms in total. The van der Waals surface area contributed by atoms with Gasteiger partial charge < -0.3 is 11.1 Å². The van der Waals surface area contributed by atoms with Crippen molar-refractivity contribution in [1.82, 2.24) is 5.32 Å². The van der Waals surface area contributed by atoms with E-state index in [1.54, 1.807) is 0 Å². The molecular formula is C10H20N2O. The van der Waals surface area contributed by atoms with E-state index >= 15 is 0 Å². The van der Waals surface area contributed by atoms with Crippen molar-refractivity contribution < 1.29 is 4.79 Å². The molecule has 1 saturated carbocycles. The zero-order chi connectivity index (χ0) is 9.90. The van der Waals surface area contributed by atoms with E-state index in [2.05, 4.69) is 12.2 Å². The van der Waals surface area contributed by atoms with Crippen LogP contribution in [0.15, 0.2) is 0 Å². The fourth-order valence-electron chi connectivity index (χ4n) is 1.71. The quantitative estimate of drug-likeness (QED) is 0.689. The second kappa shape index (κ2) is 4.09. The third-order valence-electron chi connectivity index (χ3n) is 3.15. The van der Waals surface area contributed by atoms with Crippen LogP contribution in [0.5, 0.6) is 0 Å². The van der Waals surface area contributed by atoms with Crippen molar-refractivity contribution in [2.45, 2.75) is 57.5 Å². The molecule has 0 spiro atoms. The van der Waals surface area contributed by atoms with Gasteiger partial charge in [0.15, 0.2) is 0 Å². The first kappa shape index (κ1) is 10.5. The highest BCUT2D eigenvalue weighted by Gasteiger charge is 2.36. The van der Waals surface area contributed by atoms with E-state index in [1.165, 1.54) is 6.42 Å². The smallest absolute Gasteiger partial charge is 0.237 e. The number of rotatable bonds is 4. The van der Waals surface area contributed by atoms with E-state index in [9.17, 15) is 4.79 Å². The fourth-order valence-corrected chi connectivity index (χ4v) is 1.71. The summed E-state index contributed by atoms with van der Waals surface area (Å²) in [4.78, 5) is 11.5. The monoisotopic (exact) mass is 184 g/mol. The van der Waals surface area contributed by atoms with E-state index in [0.717, 1.165) is 19.3 Å². The molecule has 13 heavy (non-hydrogen) atoms. The van der Waals surface area contributed by atoms with Gasteiger partial charge in [-0.15, -0.1) is 0 Å². The Balaban J connectivity index is 2.42. The molecule has 0 saturated heterocycles. The van der Waals surface area contributed by atoms with Gasteiger partial charge in [-0.1, -0.05) is 13.8 Å². The molecular weight excluding hydrogens is 164 g/mol. The van der Waals surface area contributed by atoms with Gasteiger partial charge >= 0.3 is 0 Å². The van der Waals surface area contributed by atoms with Gasteiger partial charge in [-0.05, 0) is 32.1 Å². The molecule has 1 rings (SSSR count). The zero-order valence-corrected chi connectivity index (χ0v) is 8.60. The normalized spacial score (nSPS) is 21.8. The first-order valence-electron chi connectivity index (χ1n) is 5.21. The zero-order valence-electron chi connectivity index (χ0n) is 8.60. The van der Waals surface area contributed by atoms with Gasteiger partial charge in [0.25, 0.3) is 0 Å². The Hall–Kier alpha value is -0.570. The number of nitrogens with two attached hydrogens (primary N) is 1. The van der Waals surface area contributed by atoms with Gasteiger partial charge in [0, 0.05) is 5.54 Å². The minimum absolute atomic E-state index is 0.0176. The molecule has 3 N–H and O–H groups in total. The Morgan fingerprint density at radius 1 is 1.54 bits per heavy atom. The lowest BCUT2D eigenvalue weighted by Crippen LogP contribution is -2.56. The number of amides is 1. The molecule has 0 radical (unpaired) electrons. The van der Waals surface area contributed by atoms with Crippen molar-refractivity contribution in [3.05, 3.63) is 0 Å². The molecule has 1 atom stereocenters. The molecule has 0 aromatic carbocycles. The van der Waals surface area contributed by atoms with E-state index in [-0.39, 0.29) is 17.5 Å². The van der Waals surface area contributed by atoms with Crippen molar-refractivity contribution in [3.8, 4) is 0 Å². The first-order chi connectivity index (χ1) is 6.13. The lowest BCUT2D eigenvalue weighted by Gasteiger charge is -2.42. The second-order valence-electron chi connectivity index (χ2n) is 3.99. The molecule has 1 aliphatic carbocycles. The molecule has 1 aliphatic rings. The summed E-state index contributed by atoms with van der Waals surface area (Å²) in [6.07, 6.45) is 5.20. The maximum absolute atomic E-state index is 11.5. The fraction of sp³-hybridized carbons (Fsp3) is 0.900. The predicted octanol–water partition coefficient (Wildman–Crippen LogP) is 1.17. The third-order valence-corrected chi connectivity index (χ3v) is 3.15. The highest BCUT2D eigenvalue weighted by atomic mass is 16.2. The molecule has 0 heterocycles. The number of carbonyl (C=O) groups is 1. The number of hydrogen-bond donors (Lipinski definition) is 2. The summed E-state index contributed by atoms with van der Waals surface area (Å²) < 4.78 is 0. The molecule has 76 valence electrons. The lowest BCUT2D eigenvalue weighted by atomic mass is 9.74. The van der Waals surface area contributed by atoms with Crippen molar-refractivity contribution in [2.75, 3.05) is 0 Å². The largest absolute Gasteiger partial charge is 0.349 e. The lowest BCUT2D eigenvalue weighted by molar-refractivity contribution is -0.125. The Kier molecular flexibility index (Phi) is 3.31. The van der Waals surface area contributed by atoms with Crippen LogP contribution in [0.25, 0.3) is 0 Å². The van der Waals surface area contributed by atoms with Gasteiger partial charge in [-0.2, -0.15) is 0 Å². The van der Waals surface area contributed by atoms with Crippen molar-refractivity contribution in [3.63, 3.8) is 0 Å². The highest BCUT2D eigenvalue weighted by Crippen LogP contribution is 2.34. The van der Waals surface area contributed by atoms with Crippen molar-refractivity contribution in [2.24, 2.45) is 5.73 Å². The third kappa shape index (κ3) is 2.21. The molecule has 0 aliphatic heterocycles. The molecule has 1 amide bonds. The number of nitrogens with one attached hydrogen (secondary N) is 1. The van der Waals surface area contributed by atoms with E-state index in [0.29, 0.717) is 6.42 Å². The molecule has 0 aromatic heterocycles. The second-order valence-corrected chi connectivity index (χ2v) is 3.99. The SMILES string of the molecule is CC[C@@H](N)C(=O)NC1(CC)CCC1. The topological polar surface area (TPSA) is 55.1 Å². The summed E-state index contributed by atoms with van der Waals surface area (Å²) in [6.45, 7) is 4.06. The maximum atomic E-state index is 11.5. The maximum Gasteiger partial charge on any atom is 0.237 e. The van der Waals surface area contributed by atoms with Crippen LogP contribution in [-0.2, 0) is 4.79 Å². The Morgan fingerprint density at radius 2 is 2.15 bits per heavy atom. The van der Waals surface area contributed by atoms with Crippen LogP contribution in [0.1, 0.15) is 46.0 Å². The highest BCUT2D eigenvalue weighted by molar-refractivity contribution is 5.82. The Morgan fingerprint density at radius 3 is 2.46 bits per heavy atom. The van der Waals surface area contributed by atoms with Crippen LogP contribution >= 0.6 is 0 Å².